The Kier molecular flexibility index (Phi) is 4.26. The highest BCUT2D eigenvalue weighted by Gasteiger charge is 2.25. The van der Waals surface area contributed by atoms with Gasteiger partial charge in [-0.15, -0.1) is 16.9 Å². The molecule has 0 amide bonds. The van der Waals surface area contributed by atoms with Gasteiger partial charge in [-0.25, -0.2) is 4.68 Å². The number of benzene rings is 1. The summed E-state index contributed by atoms with van der Waals surface area (Å²) in [5.41, 5.74) is 2.48. The molecule has 1 fully saturated rings. The first-order chi connectivity index (χ1) is 10.3. The lowest BCUT2D eigenvalue weighted by Crippen LogP contribution is -2.12. The number of hydrogen-bond acceptors (Lipinski definition) is 4. The molecule has 0 N–H and O–H groups in total. The third kappa shape index (κ3) is 2.81. The summed E-state index contributed by atoms with van der Waals surface area (Å²) in [6, 6.07) is 10.5. The van der Waals surface area contributed by atoms with Crippen LogP contribution < -0.4 is 0 Å². The van der Waals surface area contributed by atoms with Crippen molar-refractivity contribution in [3.63, 3.8) is 0 Å². The Labute approximate surface area is 129 Å². The van der Waals surface area contributed by atoms with E-state index in [1.807, 2.05) is 16.8 Å². The lowest BCUT2D eigenvalue weighted by atomic mass is 9.86. The van der Waals surface area contributed by atoms with E-state index < -0.39 is 0 Å². The average Bonchev–Trinajstić information content (AvgIpc) is 2.99. The molecular formula is C16H18N4S. The summed E-state index contributed by atoms with van der Waals surface area (Å²) in [6.07, 6.45) is 8.07. The molecule has 1 aromatic heterocycles. The topological polar surface area (TPSA) is 54.5 Å². The van der Waals surface area contributed by atoms with Gasteiger partial charge < -0.3 is 0 Å². The Balaban J connectivity index is 2.05. The maximum Gasteiger partial charge on any atom is 0.186 e. The molecule has 1 aliphatic rings. The second-order valence-corrected chi connectivity index (χ2v) is 6.26. The first kappa shape index (κ1) is 14.2. The molecule has 2 aromatic rings. The molecule has 1 aliphatic carbocycles. The van der Waals surface area contributed by atoms with Crippen molar-refractivity contribution in [2.75, 3.05) is 6.26 Å². The van der Waals surface area contributed by atoms with Gasteiger partial charge >= 0.3 is 0 Å². The summed E-state index contributed by atoms with van der Waals surface area (Å²) >= 11 is 1.71. The summed E-state index contributed by atoms with van der Waals surface area (Å²) < 4.78 is 1.87. The predicted molar refractivity (Wildman–Crippen MR) is 83.7 cm³/mol. The molecule has 0 radical (unpaired) electrons. The van der Waals surface area contributed by atoms with Crippen LogP contribution in [0.2, 0.25) is 0 Å². The zero-order valence-electron chi connectivity index (χ0n) is 12.1. The first-order valence-electron chi connectivity index (χ1n) is 7.33. The summed E-state index contributed by atoms with van der Waals surface area (Å²) in [6.45, 7) is 0. The highest BCUT2D eigenvalue weighted by atomic mass is 32.2. The maximum absolute atomic E-state index is 9.34. The van der Waals surface area contributed by atoms with Gasteiger partial charge in [-0.3, -0.25) is 0 Å². The molecule has 0 aliphatic heterocycles. The van der Waals surface area contributed by atoms with E-state index in [1.165, 1.54) is 24.2 Å². The van der Waals surface area contributed by atoms with Crippen LogP contribution in [0.15, 0.2) is 29.2 Å². The molecule has 1 heterocycles. The summed E-state index contributed by atoms with van der Waals surface area (Å²) in [4.78, 5) is 1.19. The fraction of sp³-hybridized carbons (Fsp3) is 0.438. The van der Waals surface area contributed by atoms with Crippen LogP contribution in [0.4, 0.5) is 0 Å². The number of rotatable bonds is 3. The second kappa shape index (κ2) is 6.31. The molecule has 21 heavy (non-hydrogen) atoms. The molecule has 0 atom stereocenters. The fourth-order valence-electron chi connectivity index (χ4n) is 3.04. The molecule has 3 rings (SSSR count). The van der Waals surface area contributed by atoms with Crippen LogP contribution in [0.1, 0.15) is 49.4 Å². The van der Waals surface area contributed by atoms with Crippen LogP contribution in [0.5, 0.6) is 0 Å². The number of nitrogens with zero attached hydrogens (tertiary/aromatic N) is 4. The molecule has 1 saturated carbocycles. The quantitative estimate of drug-likeness (QED) is 0.806. The minimum atomic E-state index is 0.404. The molecular weight excluding hydrogens is 280 g/mol. The average molecular weight is 298 g/mol. The standard InChI is InChI=1S/C16H18N4S/c1-21-14-9-5-8-13(10-14)20-16(15(11-17)18-19-20)12-6-3-2-4-7-12/h5,8-10,12H,2-4,6-7H2,1H3. The zero-order chi connectivity index (χ0) is 14.7. The minimum Gasteiger partial charge on any atom is -0.216 e. The van der Waals surface area contributed by atoms with Gasteiger partial charge in [0.1, 0.15) is 6.07 Å². The van der Waals surface area contributed by atoms with Crippen molar-refractivity contribution in [3.8, 4) is 11.8 Å². The monoisotopic (exact) mass is 298 g/mol. The fourth-order valence-corrected chi connectivity index (χ4v) is 3.50. The van der Waals surface area contributed by atoms with Gasteiger partial charge in [-0.2, -0.15) is 5.26 Å². The van der Waals surface area contributed by atoms with Gasteiger partial charge in [0.15, 0.2) is 5.69 Å². The van der Waals surface area contributed by atoms with Gasteiger partial charge in [0.25, 0.3) is 0 Å². The van der Waals surface area contributed by atoms with Crippen molar-refractivity contribution < 1.29 is 0 Å². The van der Waals surface area contributed by atoms with E-state index in [2.05, 4.69) is 34.8 Å². The van der Waals surface area contributed by atoms with Crippen molar-refractivity contribution >= 4 is 11.8 Å². The SMILES string of the molecule is CSc1cccc(-n2nnc(C#N)c2C2CCCCC2)c1. The Morgan fingerprint density at radius 2 is 2.10 bits per heavy atom. The molecule has 5 heteroatoms. The number of nitriles is 1. The van der Waals surface area contributed by atoms with E-state index in [4.69, 9.17) is 0 Å². The number of aromatic nitrogens is 3. The molecule has 0 bridgehead atoms. The van der Waals surface area contributed by atoms with E-state index in [9.17, 15) is 5.26 Å². The molecule has 0 saturated heterocycles. The van der Waals surface area contributed by atoms with Crippen LogP contribution in [0.25, 0.3) is 5.69 Å². The predicted octanol–water partition coefficient (Wildman–Crippen LogP) is 3.91. The first-order valence-corrected chi connectivity index (χ1v) is 8.56. The van der Waals surface area contributed by atoms with Crippen molar-refractivity contribution in [3.05, 3.63) is 35.7 Å². The Morgan fingerprint density at radius 3 is 2.81 bits per heavy atom. The van der Waals surface area contributed by atoms with E-state index in [-0.39, 0.29) is 0 Å². The minimum absolute atomic E-state index is 0.404. The van der Waals surface area contributed by atoms with E-state index in [1.54, 1.807) is 11.8 Å². The lowest BCUT2D eigenvalue weighted by molar-refractivity contribution is 0.429. The molecule has 0 unspecified atom stereocenters. The highest BCUT2D eigenvalue weighted by Crippen LogP contribution is 2.35. The molecule has 108 valence electrons. The highest BCUT2D eigenvalue weighted by molar-refractivity contribution is 7.98. The Hall–Kier alpha value is -1.80. The Morgan fingerprint density at radius 1 is 1.29 bits per heavy atom. The maximum atomic E-state index is 9.34. The van der Waals surface area contributed by atoms with Gasteiger partial charge in [-0.1, -0.05) is 30.5 Å². The van der Waals surface area contributed by atoms with Crippen LogP contribution >= 0.6 is 11.8 Å². The molecule has 1 aromatic carbocycles. The second-order valence-electron chi connectivity index (χ2n) is 5.38. The van der Waals surface area contributed by atoms with Crippen molar-refractivity contribution in [1.82, 2.24) is 15.0 Å². The van der Waals surface area contributed by atoms with Crippen LogP contribution in [0, 0.1) is 11.3 Å². The van der Waals surface area contributed by atoms with Crippen LogP contribution in [-0.2, 0) is 0 Å². The van der Waals surface area contributed by atoms with Gasteiger partial charge in [0.05, 0.1) is 11.4 Å². The zero-order valence-corrected chi connectivity index (χ0v) is 12.9. The summed E-state index contributed by atoms with van der Waals surface area (Å²) in [5, 5.41) is 17.7. The van der Waals surface area contributed by atoms with E-state index >= 15 is 0 Å². The smallest absolute Gasteiger partial charge is 0.186 e. The lowest BCUT2D eigenvalue weighted by Gasteiger charge is -2.22. The summed E-state index contributed by atoms with van der Waals surface area (Å²) in [5.74, 6) is 0.404. The van der Waals surface area contributed by atoms with Crippen LogP contribution in [-0.4, -0.2) is 21.2 Å². The van der Waals surface area contributed by atoms with E-state index in [0.717, 1.165) is 24.2 Å². The molecule has 0 spiro atoms. The largest absolute Gasteiger partial charge is 0.216 e. The Bertz CT molecular complexity index is 665. The van der Waals surface area contributed by atoms with Gasteiger partial charge in [0, 0.05) is 10.8 Å². The summed E-state index contributed by atoms with van der Waals surface area (Å²) in [7, 11) is 0. The number of hydrogen-bond donors (Lipinski definition) is 0. The van der Waals surface area contributed by atoms with Gasteiger partial charge in [-0.05, 0) is 37.3 Å². The van der Waals surface area contributed by atoms with E-state index in [0.29, 0.717) is 11.6 Å². The van der Waals surface area contributed by atoms with Gasteiger partial charge in [0.2, 0.25) is 0 Å². The normalized spacial score (nSPS) is 15.8. The number of thioether (sulfide) groups is 1. The van der Waals surface area contributed by atoms with Crippen LogP contribution in [0.3, 0.4) is 0 Å². The third-order valence-corrected chi connectivity index (χ3v) is 4.83. The third-order valence-electron chi connectivity index (χ3n) is 4.10. The molecule has 4 nitrogen and oxygen atoms in total. The van der Waals surface area contributed by atoms with Crippen molar-refractivity contribution in [2.24, 2.45) is 0 Å². The van der Waals surface area contributed by atoms with Crippen molar-refractivity contribution in [2.45, 2.75) is 42.9 Å². The van der Waals surface area contributed by atoms with Crippen molar-refractivity contribution in [1.29, 1.82) is 5.26 Å².